The number of aliphatic hydroxyl groups is 3. The van der Waals surface area contributed by atoms with Crippen molar-refractivity contribution < 1.29 is 29.9 Å². The van der Waals surface area contributed by atoms with Gasteiger partial charge in [-0.1, -0.05) is 12.1 Å². The van der Waals surface area contributed by atoms with Crippen molar-refractivity contribution in [1.29, 1.82) is 0 Å². The molecule has 1 saturated heterocycles. The Kier molecular flexibility index (Phi) is 5.20. The third-order valence-corrected chi connectivity index (χ3v) is 4.90. The minimum absolute atomic E-state index is 0.0323. The molecule has 0 bridgehead atoms. The maximum absolute atomic E-state index is 10.3. The van der Waals surface area contributed by atoms with Crippen LogP contribution < -0.4 is 10.1 Å². The summed E-state index contributed by atoms with van der Waals surface area (Å²) in [6.45, 7) is -0.164. The topological polar surface area (TPSA) is 155 Å². The van der Waals surface area contributed by atoms with E-state index < -0.39 is 31.1 Å². The molecule has 11 nitrogen and oxygen atoms in total. The number of nitrogens with one attached hydrogen (secondary N) is 1. The van der Waals surface area contributed by atoms with E-state index in [1.54, 1.807) is 18.2 Å². The summed E-state index contributed by atoms with van der Waals surface area (Å²) in [4.78, 5) is 12.7. The van der Waals surface area contributed by atoms with Gasteiger partial charge in [-0.2, -0.15) is 0 Å². The smallest absolute Gasteiger partial charge is 0.167 e. The van der Waals surface area contributed by atoms with E-state index in [1.165, 1.54) is 24.3 Å². The lowest BCUT2D eigenvalue weighted by Crippen LogP contribution is -2.33. The van der Waals surface area contributed by atoms with Crippen LogP contribution >= 0.6 is 0 Å². The Bertz CT molecular complexity index is 1010. The Morgan fingerprint density at radius 3 is 2.76 bits per heavy atom. The monoisotopic (exact) mass is 403 g/mol. The fraction of sp³-hybridized carbons (Fsp3) is 0.389. The van der Waals surface area contributed by atoms with Gasteiger partial charge in [0.15, 0.2) is 34.7 Å². The molecule has 5 N–H and O–H groups in total. The number of aliphatic hydroxyl groups excluding tert-OH is 3. The normalized spacial score (nSPS) is 24.1. The summed E-state index contributed by atoms with van der Waals surface area (Å²) < 4.78 is 12.1. The molecule has 29 heavy (non-hydrogen) atoms. The van der Waals surface area contributed by atoms with Crippen molar-refractivity contribution in [3.63, 3.8) is 0 Å². The molecule has 2 aromatic heterocycles. The Morgan fingerprint density at radius 1 is 1.21 bits per heavy atom. The Morgan fingerprint density at radius 2 is 2.03 bits per heavy atom. The van der Waals surface area contributed by atoms with E-state index in [2.05, 4.69) is 20.3 Å². The Hall–Kier alpha value is -2.99. The molecular formula is C18H21N5O6. The maximum Gasteiger partial charge on any atom is 0.167 e. The number of imidazole rings is 1. The van der Waals surface area contributed by atoms with E-state index in [4.69, 9.17) is 9.47 Å². The molecule has 0 spiro atoms. The number of methoxy groups -OCH3 is 1. The lowest BCUT2D eigenvalue weighted by Gasteiger charge is -2.16. The molecule has 154 valence electrons. The summed E-state index contributed by atoms with van der Waals surface area (Å²) in [5.74, 6) is 0.818. The number of aromatic nitrogens is 4. The maximum atomic E-state index is 10.3. The van der Waals surface area contributed by atoms with Crippen LogP contribution in [0.3, 0.4) is 0 Å². The van der Waals surface area contributed by atoms with Crippen LogP contribution in [0.4, 0.5) is 5.82 Å². The number of benzene rings is 1. The number of fused-ring (bicyclic) bond motifs is 1. The van der Waals surface area contributed by atoms with Crippen molar-refractivity contribution in [1.82, 2.24) is 19.5 Å². The fourth-order valence-electron chi connectivity index (χ4n) is 3.33. The molecule has 1 unspecified atom stereocenters. The number of nitrogens with zero attached hydrogens (tertiary/aromatic N) is 4. The predicted octanol–water partition coefficient (Wildman–Crippen LogP) is -0.236. The van der Waals surface area contributed by atoms with E-state index in [0.717, 1.165) is 0 Å². The third-order valence-electron chi connectivity index (χ3n) is 4.90. The molecule has 1 aliphatic heterocycles. The predicted molar refractivity (Wildman–Crippen MR) is 100 cm³/mol. The van der Waals surface area contributed by atoms with Gasteiger partial charge in [-0.05, 0) is 6.07 Å². The zero-order chi connectivity index (χ0) is 20.5. The molecule has 11 heteroatoms. The van der Waals surface area contributed by atoms with Gasteiger partial charge in [0, 0.05) is 12.1 Å². The van der Waals surface area contributed by atoms with Crippen molar-refractivity contribution in [3.8, 4) is 11.5 Å². The van der Waals surface area contributed by atoms with Gasteiger partial charge in [0.25, 0.3) is 0 Å². The molecule has 1 aromatic carbocycles. The van der Waals surface area contributed by atoms with E-state index in [0.29, 0.717) is 28.3 Å². The molecule has 1 aliphatic rings. The molecule has 0 saturated carbocycles. The summed E-state index contributed by atoms with van der Waals surface area (Å²) in [5.41, 5.74) is 1.42. The van der Waals surface area contributed by atoms with Crippen LogP contribution in [-0.2, 0) is 11.3 Å². The first-order chi connectivity index (χ1) is 14.0. The fourth-order valence-corrected chi connectivity index (χ4v) is 3.33. The van der Waals surface area contributed by atoms with Crippen LogP contribution in [0.5, 0.6) is 11.5 Å². The molecule has 4 rings (SSSR count). The number of aromatic hydroxyl groups is 1. The van der Waals surface area contributed by atoms with Crippen molar-refractivity contribution in [2.24, 2.45) is 0 Å². The molecule has 3 aromatic rings. The largest absolute Gasteiger partial charge is 0.504 e. The van der Waals surface area contributed by atoms with Crippen molar-refractivity contribution >= 4 is 17.0 Å². The number of para-hydroxylation sites is 1. The van der Waals surface area contributed by atoms with Crippen LogP contribution in [0.2, 0.25) is 0 Å². The standard InChI is InChI=1S/C18H21N5O6/c1-28-10-4-2-3-9(13(10)25)5-19-16-12-17(21-7-20-16)23(8-22-12)18-15(27)14(26)11(6-24)29-18/h2-4,7-8,11,14-15,18,24-27H,5-6H2,1H3,(H,19,20,21)/t11-,14-,15-,18?/m1/s1. The SMILES string of the molecule is COc1cccc(CNc2ncnc3c2ncn3C2O[C@H](CO)[C@@H](O)[C@H]2O)c1O. The van der Waals surface area contributed by atoms with Gasteiger partial charge in [-0.15, -0.1) is 0 Å². The molecule has 0 radical (unpaired) electrons. The average molecular weight is 403 g/mol. The third kappa shape index (κ3) is 3.34. The van der Waals surface area contributed by atoms with E-state index in [-0.39, 0.29) is 12.3 Å². The van der Waals surface area contributed by atoms with Gasteiger partial charge in [0.2, 0.25) is 0 Å². The van der Waals surface area contributed by atoms with Gasteiger partial charge < -0.3 is 35.2 Å². The van der Waals surface area contributed by atoms with Crippen LogP contribution in [0.15, 0.2) is 30.9 Å². The van der Waals surface area contributed by atoms with Gasteiger partial charge in [0.1, 0.15) is 24.6 Å². The summed E-state index contributed by atoms with van der Waals surface area (Å²) in [5, 5.41) is 42.9. The Balaban J connectivity index is 1.60. The van der Waals surface area contributed by atoms with E-state index in [9.17, 15) is 20.4 Å². The second-order valence-electron chi connectivity index (χ2n) is 6.60. The van der Waals surface area contributed by atoms with Crippen molar-refractivity contribution in [2.45, 2.75) is 31.1 Å². The van der Waals surface area contributed by atoms with Crippen LogP contribution in [-0.4, -0.2) is 72.0 Å². The van der Waals surface area contributed by atoms with E-state index >= 15 is 0 Å². The zero-order valence-corrected chi connectivity index (χ0v) is 15.5. The number of anilines is 1. The number of phenolic OH excluding ortho intramolecular Hbond substituents is 1. The van der Waals surface area contributed by atoms with Gasteiger partial charge in [-0.3, -0.25) is 4.57 Å². The summed E-state index contributed by atoms with van der Waals surface area (Å²) >= 11 is 0. The highest BCUT2D eigenvalue weighted by Crippen LogP contribution is 2.33. The van der Waals surface area contributed by atoms with Crippen LogP contribution in [0.1, 0.15) is 11.8 Å². The Labute approximate surface area is 165 Å². The first-order valence-corrected chi connectivity index (χ1v) is 8.93. The van der Waals surface area contributed by atoms with Crippen LogP contribution in [0.25, 0.3) is 11.2 Å². The minimum atomic E-state index is -1.25. The molecule has 3 heterocycles. The van der Waals surface area contributed by atoms with Crippen LogP contribution in [0, 0.1) is 0 Å². The number of rotatable bonds is 6. The average Bonchev–Trinajstić information content (AvgIpc) is 3.29. The van der Waals surface area contributed by atoms with Gasteiger partial charge in [-0.25, -0.2) is 15.0 Å². The quantitative estimate of drug-likeness (QED) is 0.372. The highest BCUT2D eigenvalue weighted by atomic mass is 16.6. The van der Waals surface area contributed by atoms with Gasteiger partial charge >= 0.3 is 0 Å². The second kappa shape index (κ2) is 7.79. The minimum Gasteiger partial charge on any atom is -0.504 e. The lowest BCUT2D eigenvalue weighted by atomic mass is 10.1. The second-order valence-corrected chi connectivity index (χ2v) is 6.60. The van der Waals surface area contributed by atoms with Crippen molar-refractivity contribution in [2.75, 3.05) is 19.0 Å². The molecular weight excluding hydrogens is 382 g/mol. The van der Waals surface area contributed by atoms with Crippen molar-refractivity contribution in [3.05, 3.63) is 36.4 Å². The lowest BCUT2D eigenvalue weighted by molar-refractivity contribution is -0.0511. The highest BCUT2D eigenvalue weighted by Gasteiger charge is 2.44. The first kappa shape index (κ1) is 19.3. The molecule has 0 aliphatic carbocycles. The number of hydrogen-bond acceptors (Lipinski definition) is 10. The zero-order valence-electron chi connectivity index (χ0n) is 15.5. The summed E-state index contributed by atoms with van der Waals surface area (Å²) in [7, 11) is 1.48. The van der Waals surface area contributed by atoms with E-state index in [1.807, 2.05) is 0 Å². The van der Waals surface area contributed by atoms with Gasteiger partial charge in [0.05, 0.1) is 20.0 Å². The molecule has 4 atom stereocenters. The molecule has 0 amide bonds. The summed E-state index contributed by atoms with van der Waals surface area (Å²) in [6, 6.07) is 5.17. The number of phenols is 1. The first-order valence-electron chi connectivity index (χ1n) is 8.93. The number of ether oxygens (including phenoxy) is 2. The number of hydrogen-bond donors (Lipinski definition) is 5. The molecule has 1 fully saturated rings. The highest BCUT2D eigenvalue weighted by molar-refractivity contribution is 5.82. The summed E-state index contributed by atoms with van der Waals surface area (Å²) in [6.07, 6.45) is -1.56.